The Balaban J connectivity index is 0.00000191. The Hall–Kier alpha value is -1.08. The topological polar surface area (TPSA) is 26.0 Å². The number of hydrogen-bond acceptors (Lipinski definition) is 1. The van der Waals surface area contributed by atoms with Crippen LogP contribution in [0.2, 0.25) is 0 Å². The summed E-state index contributed by atoms with van der Waals surface area (Å²) in [6.07, 6.45) is 12.3. The van der Waals surface area contributed by atoms with Crippen molar-refractivity contribution < 1.29 is 0 Å². The van der Waals surface area contributed by atoms with E-state index < -0.39 is 0 Å². The first-order chi connectivity index (χ1) is 9.73. The maximum Gasteiger partial charge on any atom is 0.0289 e. The summed E-state index contributed by atoms with van der Waals surface area (Å²) in [4.78, 5) is 0. The molecule has 0 spiro atoms. The minimum absolute atomic E-state index is 0.151. The van der Waals surface area contributed by atoms with Gasteiger partial charge in [0.25, 0.3) is 0 Å². The number of nitrogens with two attached hydrogens (primary N) is 1. The molecule has 0 saturated heterocycles. The SMILES string of the molecule is CC.CCC(N)C1=CC(C)C=C(/C(C)=C/C(C)(C)C)C=C1. The van der Waals surface area contributed by atoms with Crippen molar-refractivity contribution in [2.45, 2.75) is 67.9 Å². The second-order valence-corrected chi connectivity index (χ2v) is 6.69. The summed E-state index contributed by atoms with van der Waals surface area (Å²) in [5.41, 5.74) is 10.3. The van der Waals surface area contributed by atoms with E-state index in [1.54, 1.807) is 0 Å². The third kappa shape index (κ3) is 7.47. The molecule has 0 aromatic heterocycles. The molecular formula is C20H35N. The highest BCUT2D eigenvalue weighted by Crippen LogP contribution is 2.26. The van der Waals surface area contributed by atoms with Crippen LogP contribution in [0.25, 0.3) is 0 Å². The van der Waals surface area contributed by atoms with Crippen molar-refractivity contribution in [3.63, 3.8) is 0 Å². The molecule has 1 aliphatic rings. The van der Waals surface area contributed by atoms with Crippen molar-refractivity contribution in [3.05, 3.63) is 47.1 Å². The molecule has 1 nitrogen and oxygen atoms in total. The van der Waals surface area contributed by atoms with Crippen LogP contribution in [0, 0.1) is 11.3 Å². The molecule has 0 aliphatic heterocycles. The van der Waals surface area contributed by atoms with Crippen molar-refractivity contribution in [1.82, 2.24) is 0 Å². The average molecular weight is 290 g/mol. The Morgan fingerprint density at radius 1 is 1.24 bits per heavy atom. The van der Waals surface area contributed by atoms with Gasteiger partial charge in [0.2, 0.25) is 0 Å². The molecule has 120 valence electrons. The summed E-state index contributed by atoms with van der Waals surface area (Å²) in [7, 11) is 0. The van der Waals surface area contributed by atoms with Crippen molar-refractivity contribution in [3.8, 4) is 0 Å². The minimum Gasteiger partial charge on any atom is -0.324 e. The molecular weight excluding hydrogens is 254 g/mol. The van der Waals surface area contributed by atoms with E-state index in [0.29, 0.717) is 5.92 Å². The molecule has 21 heavy (non-hydrogen) atoms. The molecule has 0 bridgehead atoms. The molecule has 0 saturated carbocycles. The summed E-state index contributed by atoms with van der Waals surface area (Å²) < 4.78 is 0. The van der Waals surface area contributed by atoms with Crippen LogP contribution in [0.5, 0.6) is 0 Å². The lowest BCUT2D eigenvalue weighted by atomic mass is 9.91. The van der Waals surface area contributed by atoms with Gasteiger partial charge in [0, 0.05) is 6.04 Å². The van der Waals surface area contributed by atoms with Crippen molar-refractivity contribution in [1.29, 1.82) is 0 Å². The molecule has 2 N–H and O–H groups in total. The zero-order valence-electron chi connectivity index (χ0n) is 15.3. The van der Waals surface area contributed by atoms with Crippen molar-refractivity contribution >= 4 is 0 Å². The third-order valence-corrected chi connectivity index (χ3v) is 3.33. The van der Waals surface area contributed by atoms with Crippen LogP contribution >= 0.6 is 0 Å². The summed E-state index contributed by atoms with van der Waals surface area (Å²) in [6, 6.07) is 0.151. The summed E-state index contributed by atoms with van der Waals surface area (Å²) in [6.45, 7) is 17.2. The Morgan fingerprint density at radius 3 is 2.29 bits per heavy atom. The van der Waals surface area contributed by atoms with Gasteiger partial charge in [-0.05, 0) is 41.4 Å². The Kier molecular flexibility index (Phi) is 8.58. The largest absolute Gasteiger partial charge is 0.324 e. The molecule has 0 aromatic rings. The highest BCUT2D eigenvalue weighted by atomic mass is 14.6. The van der Waals surface area contributed by atoms with E-state index in [1.807, 2.05) is 13.8 Å². The van der Waals surface area contributed by atoms with Gasteiger partial charge in [0.1, 0.15) is 0 Å². The zero-order chi connectivity index (χ0) is 16.6. The van der Waals surface area contributed by atoms with Gasteiger partial charge in [-0.1, -0.05) is 78.8 Å². The van der Waals surface area contributed by atoms with E-state index in [9.17, 15) is 0 Å². The standard InChI is InChI=1S/C18H29N.C2H6/c1-7-17(19)16-9-8-15(10-13(2)11-16)14(3)12-18(4,5)6;1-2/h8-13,17H,7,19H2,1-6H3;1-2H3/b14-12+;. The lowest BCUT2D eigenvalue weighted by molar-refractivity contribution is 0.540. The van der Waals surface area contributed by atoms with Gasteiger partial charge in [-0.2, -0.15) is 0 Å². The lowest BCUT2D eigenvalue weighted by Gasteiger charge is -2.15. The Bertz CT molecular complexity index is 427. The van der Waals surface area contributed by atoms with E-state index in [1.165, 1.54) is 16.7 Å². The molecule has 2 unspecified atom stereocenters. The molecule has 1 rings (SSSR count). The fraction of sp³-hybridized carbons (Fsp3) is 0.600. The second-order valence-electron chi connectivity index (χ2n) is 6.69. The highest BCUT2D eigenvalue weighted by Gasteiger charge is 2.12. The van der Waals surface area contributed by atoms with Crippen molar-refractivity contribution in [2.24, 2.45) is 17.1 Å². The maximum absolute atomic E-state index is 6.15. The minimum atomic E-state index is 0.151. The first-order valence-electron chi connectivity index (χ1n) is 8.30. The number of rotatable bonds is 3. The predicted molar refractivity (Wildman–Crippen MR) is 97.3 cm³/mol. The van der Waals surface area contributed by atoms with Crippen LogP contribution in [-0.2, 0) is 0 Å². The highest BCUT2D eigenvalue weighted by molar-refractivity contribution is 5.45. The van der Waals surface area contributed by atoms with Gasteiger partial charge in [-0.25, -0.2) is 0 Å². The smallest absolute Gasteiger partial charge is 0.0289 e. The summed E-state index contributed by atoms with van der Waals surface area (Å²) in [5, 5.41) is 0. The molecule has 0 amide bonds. The fourth-order valence-corrected chi connectivity index (χ4v) is 2.41. The van der Waals surface area contributed by atoms with Gasteiger partial charge in [-0.3, -0.25) is 0 Å². The van der Waals surface area contributed by atoms with Gasteiger partial charge in [0.15, 0.2) is 0 Å². The molecule has 0 radical (unpaired) electrons. The van der Waals surface area contributed by atoms with E-state index >= 15 is 0 Å². The number of allylic oxidation sites excluding steroid dienone is 6. The van der Waals surface area contributed by atoms with Crippen LogP contribution in [0.3, 0.4) is 0 Å². The van der Waals surface area contributed by atoms with Crippen LogP contribution in [0.1, 0.15) is 61.8 Å². The molecule has 0 heterocycles. The first-order valence-corrected chi connectivity index (χ1v) is 8.30. The lowest BCUT2D eigenvalue weighted by Crippen LogP contribution is -2.20. The molecule has 1 heteroatoms. The van der Waals surface area contributed by atoms with E-state index in [0.717, 1.165) is 6.42 Å². The van der Waals surface area contributed by atoms with E-state index in [-0.39, 0.29) is 11.5 Å². The van der Waals surface area contributed by atoms with Gasteiger partial charge in [-0.15, -0.1) is 0 Å². The first kappa shape index (κ1) is 19.9. The van der Waals surface area contributed by atoms with Crippen molar-refractivity contribution in [2.75, 3.05) is 0 Å². The second kappa shape index (κ2) is 9.04. The Labute approximate surface area is 132 Å². The van der Waals surface area contributed by atoms with E-state index in [4.69, 9.17) is 5.73 Å². The normalized spacial score (nSPS) is 20.8. The van der Waals surface area contributed by atoms with Crippen LogP contribution in [0.4, 0.5) is 0 Å². The number of hydrogen-bond donors (Lipinski definition) is 1. The fourth-order valence-electron chi connectivity index (χ4n) is 2.41. The maximum atomic E-state index is 6.15. The zero-order valence-corrected chi connectivity index (χ0v) is 15.3. The van der Waals surface area contributed by atoms with Crippen LogP contribution < -0.4 is 5.73 Å². The predicted octanol–water partition coefficient (Wildman–Crippen LogP) is 5.80. The summed E-state index contributed by atoms with van der Waals surface area (Å²) >= 11 is 0. The molecule has 1 aliphatic carbocycles. The van der Waals surface area contributed by atoms with E-state index in [2.05, 4.69) is 71.9 Å². The van der Waals surface area contributed by atoms with Crippen LogP contribution in [0.15, 0.2) is 47.1 Å². The summed E-state index contributed by atoms with van der Waals surface area (Å²) in [5.74, 6) is 0.431. The van der Waals surface area contributed by atoms with Gasteiger partial charge >= 0.3 is 0 Å². The van der Waals surface area contributed by atoms with Crippen LogP contribution in [-0.4, -0.2) is 6.04 Å². The third-order valence-electron chi connectivity index (χ3n) is 3.33. The monoisotopic (exact) mass is 289 g/mol. The average Bonchev–Trinajstić information content (AvgIpc) is 2.60. The van der Waals surface area contributed by atoms with Gasteiger partial charge in [0.05, 0.1) is 0 Å². The Morgan fingerprint density at radius 2 is 1.81 bits per heavy atom. The van der Waals surface area contributed by atoms with Gasteiger partial charge < -0.3 is 5.73 Å². The molecule has 2 atom stereocenters. The molecule has 0 fully saturated rings. The molecule has 0 aromatic carbocycles. The quantitative estimate of drug-likeness (QED) is 0.698.